The highest BCUT2D eigenvalue weighted by Crippen LogP contribution is 2.25. The first-order valence-corrected chi connectivity index (χ1v) is 27.5. The number of aromatic nitrogens is 5. The van der Waals surface area contributed by atoms with Gasteiger partial charge in [-0.1, -0.05) is 84.9 Å². The van der Waals surface area contributed by atoms with E-state index >= 15 is 0 Å². The van der Waals surface area contributed by atoms with Crippen LogP contribution in [0.5, 0.6) is 0 Å². The lowest BCUT2D eigenvalue weighted by molar-refractivity contribution is -0.145. The monoisotopic (exact) mass is 1140 g/mol. The van der Waals surface area contributed by atoms with Crippen molar-refractivity contribution in [1.29, 1.82) is 0 Å². The summed E-state index contributed by atoms with van der Waals surface area (Å²) in [5.41, 5.74) is 11.6. The van der Waals surface area contributed by atoms with Gasteiger partial charge in [-0.15, -0.1) is 0 Å². The highest BCUT2D eigenvalue weighted by Gasteiger charge is 2.40. The normalized spacial score (nSPS) is 15.7. The Hall–Kier alpha value is -10.1. The molecule has 1 aliphatic heterocycles. The second-order valence-electron chi connectivity index (χ2n) is 20.9. The third kappa shape index (κ3) is 14.3. The summed E-state index contributed by atoms with van der Waals surface area (Å²) in [6.45, 7) is 1.48. The van der Waals surface area contributed by atoms with Crippen molar-refractivity contribution in [1.82, 2.24) is 61.7 Å². The number of carboxylic acids is 2. The van der Waals surface area contributed by atoms with Gasteiger partial charge in [0, 0.05) is 102 Å². The number of nitrogens with two attached hydrogens (primary N) is 1. The lowest BCUT2D eigenvalue weighted by Crippen LogP contribution is -2.60. The van der Waals surface area contributed by atoms with Gasteiger partial charge in [-0.2, -0.15) is 0 Å². The van der Waals surface area contributed by atoms with Gasteiger partial charge in [-0.3, -0.25) is 38.4 Å². The number of fused-ring (bicyclic) bond motifs is 3. The number of hydrogen-bond acceptors (Lipinski definition) is 11. The van der Waals surface area contributed by atoms with E-state index in [-0.39, 0.29) is 45.1 Å². The Kier molecular flexibility index (Phi) is 18.6. The van der Waals surface area contributed by atoms with Gasteiger partial charge >= 0.3 is 11.9 Å². The number of likely N-dealkylation sites (tertiary alicyclic amines) is 1. The molecule has 0 bridgehead atoms. The van der Waals surface area contributed by atoms with E-state index in [0.717, 1.165) is 32.7 Å². The summed E-state index contributed by atoms with van der Waals surface area (Å²) < 4.78 is 0. The molecule has 8 atom stereocenters. The zero-order valence-electron chi connectivity index (χ0n) is 45.7. The fourth-order valence-corrected chi connectivity index (χ4v) is 10.6. The van der Waals surface area contributed by atoms with Gasteiger partial charge in [0.2, 0.25) is 41.4 Å². The molecule has 0 radical (unpaired) electrons. The molecular weight excluding hydrogens is 1080 g/mol. The smallest absolute Gasteiger partial charge is 0.326 e. The Morgan fingerprint density at radius 2 is 1.05 bits per heavy atom. The van der Waals surface area contributed by atoms with Gasteiger partial charge < -0.3 is 72.7 Å². The molecule has 4 aromatic heterocycles. The van der Waals surface area contributed by atoms with Crippen molar-refractivity contribution < 1.29 is 53.4 Å². The van der Waals surface area contributed by atoms with Gasteiger partial charge in [-0.25, -0.2) is 9.78 Å². The number of carboxylic acid groups (broad SMARTS) is 2. The summed E-state index contributed by atoms with van der Waals surface area (Å²) in [4.78, 5) is 143. The van der Waals surface area contributed by atoms with Gasteiger partial charge in [0.05, 0.1) is 18.8 Å². The number of aliphatic carboxylic acids is 2. The minimum atomic E-state index is -1.80. The minimum absolute atomic E-state index is 0.0386. The zero-order chi connectivity index (χ0) is 59.4. The number of nitrogens with one attached hydrogen (secondary N) is 10. The first-order valence-electron chi connectivity index (χ1n) is 27.5. The maximum Gasteiger partial charge on any atom is 0.326 e. The molecule has 14 N–H and O–H groups in total. The Bertz CT molecular complexity index is 3690. The van der Waals surface area contributed by atoms with Crippen LogP contribution < -0.4 is 37.6 Å². The lowest BCUT2D eigenvalue weighted by atomic mass is 10.0. The van der Waals surface area contributed by atoms with Crippen molar-refractivity contribution in [3.8, 4) is 0 Å². The van der Waals surface area contributed by atoms with Crippen LogP contribution in [0.1, 0.15) is 54.1 Å². The number of aromatic amines is 4. The molecule has 9 rings (SSSR count). The number of nitrogens with zero attached hydrogens (tertiary/aromatic N) is 2. The number of rotatable bonds is 26. The molecule has 7 amide bonds. The van der Waals surface area contributed by atoms with E-state index < -0.39 is 108 Å². The first kappa shape index (κ1) is 58.6. The minimum Gasteiger partial charge on any atom is -0.481 e. The predicted octanol–water partition coefficient (Wildman–Crippen LogP) is 2.17. The number of H-pyrrole nitrogens is 4. The molecule has 84 heavy (non-hydrogen) atoms. The van der Waals surface area contributed by atoms with Gasteiger partial charge in [-0.05, 0) is 60.2 Å². The molecule has 0 unspecified atom stereocenters. The van der Waals surface area contributed by atoms with E-state index in [1.807, 2.05) is 66.7 Å². The summed E-state index contributed by atoms with van der Waals surface area (Å²) >= 11 is 0. The maximum absolute atomic E-state index is 14.9. The van der Waals surface area contributed by atoms with E-state index in [1.165, 1.54) is 24.3 Å². The molecule has 5 heterocycles. The SMILES string of the molecule is C[C@H](NC(=O)[C@H](Cc1ccccc1)NC(=O)[C@H](CC(=O)O)NC(=O)[C@H](Cc1c[nH]c2ccccc12)NC(=O)[C@@H](N)Cc1cnc[nH]1)C(=O)N[C@@H](Cc1c[nH]c2ccccc12)C(=O)N1CCC[C@H]1C(=O)N[C@@H](Cc1c[nH]c2ccccc12)C(=O)O. The molecule has 1 fully saturated rings. The van der Waals surface area contributed by atoms with Crippen LogP contribution in [0.2, 0.25) is 0 Å². The summed E-state index contributed by atoms with van der Waals surface area (Å²) in [5, 5.41) is 38.5. The van der Waals surface area contributed by atoms with Crippen LogP contribution in [0.3, 0.4) is 0 Å². The average Bonchev–Trinajstić information content (AvgIpc) is 4.23. The van der Waals surface area contributed by atoms with Gasteiger partial charge in [0.25, 0.3) is 0 Å². The van der Waals surface area contributed by atoms with Crippen LogP contribution in [-0.4, -0.2) is 148 Å². The summed E-state index contributed by atoms with van der Waals surface area (Å²) in [5.74, 6) is -8.49. The topological polar surface area (TPSA) is 372 Å². The molecule has 0 spiro atoms. The van der Waals surface area contributed by atoms with Crippen molar-refractivity contribution in [3.05, 3.63) is 162 Å². The van der Waals surface area contributed by atoms with Crippen LogP contribution >= 0.6 is 0 Å². The van der Waals surface area contributed by atoms with Crippen LogP contribution in [0.4, 0.5) is 0 Å². The Morgan fingerprint density at radius 3 is 1.61 bits per heavy atom. The molecule has 24 heteroatoms. The first-order chi connectivity index (χ1) is 40.5. The number of para-hydroxylation sites is 3. The van der Waals surface area contributed by atoms with Crippen LogP contribution in [0.15, 0.2) is 134 Å². The van der Waals surface area contributed by atoms with E-state index in [1.54, 1.807) is 55.0 Å². The van der Waals surface area contributed by atoms with Crippen molar-refractivity contribution in [3.63, 3.8) is 0 Å². The van der Waals surface area contributed by atoms with Crippen molar-refractivity contribution in [2.45, 2.75) is 107 Å². The third-order valence-electron chi connectivity index (χ3n) is 15.0. The van der Waals surface area contributed by atoms with Crippen molar-refractivity contribution in [2.75, 3.05) is 6.54 Å². The standard InChI is InChI=1S/C60H65N13O11/c1-33(53(76)71-49(24-36-29-64-44-18-9-6-15-40(36)44)59(82)73-21-11-20-51(73)58(81)72-50(60(83)84)25-37-30-65-45-19-10-7-16-41(37)45)67-55(78)46(22-34-12-3-2-4-13-34)69-57(80)48(27-52(74)75)70-56(79)47(23-35-28-63-43-17-8-5-14-39(35)43)68-54(77)42(61)26-38-31-62-32-66-38/h2-10,12-19,28-33,42,46-51,63-65H,11,20-27,61H2,1H3,(H,62,66)(H,67,78)(H,68,77)(H,69,80)(H,70,79)(H,71,76)(H,72,81)(H,74,75)(H,83,84)/t33-,42-,46-,47-,48-,49-,50-,51-/m0/s1. The van der Waals surface area contributed by atoms with Crippen LogP contribution in [0.25, 0.3) is 32.7 Å². The number of hydrogen-bond donors (Lipinski definition) is 13. The quantitative estimate of drug-likeness (QED) is 0.0370. The largest absolute Gasteiger partial charge is 0.481 e. The number of benzene rings is 4. The molecule has 1 saturated heterocycles. The van der Waals surface area contributed by atoms with Gasteiger partial charge in [0.15, 0.2) is 0 Å². The molecular formula is C60H65N13O11. The molecule has 1 aliphatic rings. The molecule has 436 valence electrons. The number of imidazole rings is 1. The number of carbonyl (C=O) groups excluding carboxylic acids is 7. The predicted molar refractivity (Wildman–Crippen MR) is 308 cm³/mol. The van der Waals surface area contributed by atoms with E-state index in [2.05, 4.69) is 56.8 Å². The number of carbonyl (C=O) groups is 9. The fraction of sp³-hybridized carbons (Fsp3) is 0.300. The molecule has 0 saturated carbocycles. The van der Waals surface area contributed by atoms with Crippen molar-refractivity contribution in [2.24, 2.45) is 5.73 Å². The van der Waals surface area contributed by atoms with E-state index in [0.29, 0.717) is 34.4 Å². The molecule has 0 aliphatic carbocycles. The summed E-state index contributed by atoms with van der Waals surface area (Å²) in [6.07, 6.45) is 7.31. The summed E-state index contributed by atoms with van der Waals surface area (Å²) in [6, 6.07) is 19.5. The fourth-order valence-electron chi connectivity index (χ4n) is 10.6. The third-order valence-corrected chi connectivity index (χ3v) is 15.0. The maximum atomic E-state index is 14.9. The highest BCUT2D eigenvalue weighted by molar-refractivity contribution is 5.99. The second-order valence-corrected chi connectivity index (χ2v) is 20.9. The van der Waals surface area contributed by atoms with Crippen molar-refractivity contribution >= 4 is 86.0 Å². The van der Waals surface area contributed by atoms with E-state index in [9.17, 15) is 53.4 Å². The Morgan fingerprint density at radius 1 is 0.560 bits per heavy atom. The van der Waals surface area contributed by atoms with Crippen LogP contribution in [0, 0.1) is 0 Å². The Labute approximate surface area is 480 Å². The zero-order valence-corrected chi connectivity index (χ0v) is 45.7. The average molecular weight is 1140 g/mol. The second kappa shape index (κ2) is 26.7. The Balaban J connectivity index is 0.910. The lowest BCUT2D eigenvalue weighted by Gasteiger charge is -2.30. The summed E-state index contributed by atoms with van der Waals surface area (Å²) in [7, 11) is 0. The van der Waals surface area contributed by atoms with E-state index in [4.69, 9.17) is 5.73 Å². The molecule has 4 aromatic carbocycles. The number of amides is 7. The highest BCUT2D eigenvalue weighted by atomic mass is 16.4. The van der Waals surface area contributed by atoms with Crippen LogP contribution in [-0.2, 0) is 75.3 Å². The molecule has 8 aromatic rings. The molecule has 24 nitrogen and oxygen atoms in total. The van der Waals surface area contributed by atoms with Gasteiger partial charge in [0.1, 0.15) is 42.3 Å².